The van der Waals surface area contributed by atoms with Crippen LogP contribution in [0.3, 0.4) is 0 Å². The van der Waals surface area contributed by atoms with Gasteiger partial charge in [-0.3, -0.25) is 4.79 Å². The van der Waals surface area contributed by atoms with Crippen molar-refractivity contribution < 1.29 is 9.53 Å². The van der Waals surface area contributed by atoms with Gasteiger partial charge in [0.05, 0.1) is 12.1 Å². The van der Waals surface area contributed by atoms with E-state index in [2.05, 4.69) is 0 Å². The van der Waals surface area contributed by atoms with E-state index in [0.717, 1.165) is 11.3 Å². The summed E-state index contributed by atoms with van der Waals surface area (Å²) in [6.45, 7) is 0. The topological polar surface area (TPSA) is 29.5 Å². The molecule has 114 valence electrons. The SMILES string of the molecule is COc1ccc(/C(=C\N(C)C)C(=O)c2ccccc2Cl)cc1. The number of nitrogens with zero attached hydrogens (tertiary/aromatic N) is 1. The second kappa shape index (κ2) is 7.14. The molecule has 0 atom stereocenters. The minimum Gasteiger partial charge on any atom is -0.497 e. The van der Waals surface area contributed by atoms with E-state index in [1.165, 1.54) is 0 Å². The molecule has 0 bridgehead atoms. The molecule has 3 nitrogen and oxygen atoms in total. The van der Waals surface area contributed by atoms with Crippen LogP contribution in [-0.4, -0.2) is 31.9 Å². The molecule has 2 rings (SSSR count). The Hall–Kier alpha value is -2.26. The zero-order chi connectivity index (χ0) is 16.1. The Balaban J connectivity index is 2.46. The van der Waals surface area contributed by atoms with Crippen molar-refractivity contribution in [1.29, 1.82) is 0 Å². The molecule has 0 heterocycles. The van der Waals surface area contributed by atoms with Crippen LogP contribution in [0.4, 0.5) is 0 Å². The Morgan fingerprint density at radius 1 is 1.09 bits per heavy atom. The lowest BCUT2D eigenvalue weighted by Gasteiger charge is -2.13. The van der Waals surface area contributed by atoms with Crippen LogP contribution in [0.5, 0.6) is 5.75 Å². The lowest BCUT2D eigenvalue weighted by molar-refractivity contribution is 0.105. The zero-order valence-electron chi connectivity index (χ0n) is 12.8. The summed E-state index contributed by atoms with van der Waals surface area (Å²) in [5.41, 5.74) is 1.90. The number of carbonyl (C=O) groups excluding carboxylic acids is 1. The molecule has 0 unspecified atom stereocenters. The molecule has 0 aliphatic heterocycles. The average molecular weight is 316 g/mol. The van der Waals surface area contributed by atoms with Crippen molar-refractivity contribution in [3.05, 3.63) is 70.9 Å². The van der Waals surface area contributed by atoms with Gasteiger partial charge in [0.15, 0.2) is 5.78 Å². The maximum Gasteiger partial charge on any atom is 0.196 e. The highest BCUT2D eigenvalue weighted by atomic mass is 35.5. The number of ketones is 1. The fourth-order valence-electron chi connectivity index (χ4n) is 2.08. The molecule has 0 aliphatic rings. The van der Waals surface area contributed by atoms with Crippen molar-refractivity contribution in [1.82, 2.24) is 4.90 Å². The summed E-state index contributed by atoms with van der Waals surface area (Å²) in [6, 6.07) is 14.5. The number of halogens is 1. The predicted octanol–water partition coefficient (Wildman–Crippen LogP) is 4.13. The molecule has 2 aromatic rings. The van der Waals surface area contributed by atoms with Crippen LogP contribution in [0.15, 0.2) is 54.7 Å². The summed E-state index contributed by atoms with van der Waals surface area (Å²) in [5.74, 6) is 0.641. The van der Waals surface area contributed by atoms with E-state index in [9.17, 15) is 4.79 Å². The fraction of sp³-hybridized carbons (Fsp3) is 0.167. The van der Waals surface area contributed by atoms with Gasteiger partial charge in [-0.2, -0.15) is 0 Å². The van der Waals surface area contributed by atoms with Gasteiger partial charge in [0.1, 0.15) is 5.75 Å². The molecule has 0 saturated carbocycles. The predicted molar refractivity (Wildman–Crippen MR) is 90.4 cm³/mol. The van der Waals surface area contributed by atoms with Gasteiger partial charge in [0.25, 0.3) is 0 Å². The number of methoxy groups -OCH3 is 1. The summed E-state index contributed by atoms with van der Waals surface area (Å²) in [6.07, 6.45) is 1.80. The van der Waals surface area contributed by atoms with Crippen molar-refractivity contribution >= 4 is 23.0 Å². The number of allylic oxidation sites excluding steroid dienone is 1. The molecule has 4 heteroatoms. The van der Waals surface area contributed by atoms with E-state index in [1.54, 1.807) is 31.5 Å². The highest BCUT2D eigenvalue weighted by molar-refractivity contribution is 6.39. The third-order valence-electron chi connectivity index (χ3n) is 3.15. The Bertz CT molecular complexity index is 690. The molecule has 0 saturated heterocycles. The van der Waals surface area contributed by atoms with Gasteiger partial charge < -0.3 is 9.64 Å². The largest absolute Gasteiger partial charge is 0.497 e. The molecule has 2 aromatic carbocycles. The monoisotopic (exact) mass is 315 g/mol. The van der Waals surface area contributed by atoms with Crippen molar-refractivity contribution in [3.8, 4) is 5.75 Å². The van der Waals surface area contributed by atoms with E-state index >= 15 is 0 Å². The Labute approximate surface area is 135 Å². The second-order valence-electron chi connectivity index (χ2n) is 5.04. The highest BCUT2D eigenvalue weighted by Gasteiger charge is 2.17. The van der Waals surface area contributed by atoms with Crippen LogP contribution in [-0.2, 0) is 0 Å². The Morgan fingerprint density at radius 2 is 1.73 bits per heavy atom. The summed E-state index contributed by atoms with van der Waals surface area (Å²) in [7, 11) is 5.37. The van der Waals surface area contributed by atoms with Gasteiger partial charge in [-0.1, -0.05) is 35.9 Å². The third-order valence-corrected chi connectivity index (χ3v) is 3.48. The molecule has 0 aliphatic carbocycles. The number of benzene rings is 2. The van der Waals surface area contributed by atoms with E-state index < -0.39 is 0 Å². The molecular weight excluding hydrogens is 298 g/mol. The fourth-order valence-corrected chi connectivity index (χ4v) is 2.31. The van der Waals surface area contributed by atoms with Crippen LogP contribution in [0.25, 0.3) is 5.57 Å². The lowest BCUT2D eigenvalue weighted by atomic mass is 9.97. The summed E-state index contributed by atoms with van der Waals surface area (Å²) in [4.78, 5) is 14.7. The smallest absolute Gasteiger partial charge is 0.196 e. The van der Waals surface area contributed by atoms with E-state index in [-0.39, 0.29) is 5.78 Å². The minimum atomic E-state index is -0.107. The Kier molecular flexibility index (Phi) is 5.23. The average Bonchev–Trinajstić information content (AvgIpc) is 2.52. The maximum atomic E-state index is 12.8. The minimum absolute atomic E-state index is 0.107. The standard InChI is InChI=1S/C18H18ClNO2/c1-20(2)12-16(13-8-10-14(22-3)11-9-13)18(21)15-6-4-5-7-17(15)19/h4-12H,1-3H3/b16-12+. The second-order valence-corrected chi connectivity index (χ2v) is 5.45. The van der Waals surface area contributed by atoms with Crippen molar-refractivity contribution in [2.45, 2.75) is 0 Å². The molecule has 0 radical (unpaired) electrons. The zero-order valence-corrected chi connectivity index (χ0v) is 13.6. The van der Waals surface area contributed by atoms with Crippen molar-refractivity contribution in [3.63, 3.8) is 0 Å². The first-order valence-electron chi connectivity index (χ1n) is 6.85. The van der Waals surface area contributed by atoms with Crippen LogP contribution < -0.4 is 4.74 Å². The third kappa shape index (κ3) is 3.68. The van der Waals surface area contributed by atoms with Gasteiger partial charge in [0.2, 0.25) is 0 Å². The van der Waals surface area contributed by atoms with Crippen molar-refractivity contribution in [2.24, 2.45) is 0 Å². The number of hydrogen-bond acceptors (Lipinski definition) is 3. The number of hydrogen-bond donors (Lipinski definition) is 0. The summed E-state index contributed by atoms with van der Waals surface area (Å²) >= 11 is 6.15. The van der Waals surface area contributed by atoms with E-state index in [4.69, 9.17) is 16.3 Å². The molecule has 0 fully saturated rings. The first-order chi connectivity index (χ1) is 10.5. The highest BCUT2D eigenvalue weighted by Crippen LogP contribution is 2.26. The molecule has 0 amide bonds. The van der Waals surface area contributed by atoms with Crippen molar-refractivity contribution in [2.75, 3.05) is 21.2 Å². The van der Waals surface area contributed by atoms with Crippen LogP contribution >= 0.6 is 11.6 Å². The molecule has 22 heavy (non-hydrogen) atoms. The molecule has 0 aromatic heterocycles. The van der Waals surface area contributed by atoms with Gasteiger partial charge in [-0.05, 0) is 29.8 Å². The molecule has 0 spiro atoms. The quantitative estimate of drug-likeness (QED) is 0.613. The van der Waals surface area contributed by atoms with Crippen LogP contribution in [0.1, 0.15) is 15.9 Å². The summed E-state index contributed by atoms with van der Waals surface area (Å²) in [5, 5.41) is 0.450. The first-order valence-corrected chi connectivity index (χ1v) is 7.22. The van der Waals surface area contributed by atoms with Crippen LogP contribution in [0.2, 0.25) is 5.02 Å². The van der Waals surface area contributed by atoms with E-state index in [1.807, 2.05) is 49.3 Å². The molecular formula is C18H18ClNO2. The number of ether oxygens (including phenoxy) is 1. The normalized spacial score (nSPS) is 11.2. The first kappa shape index (κ1) is 16.1. The lowest BCUT2D eigenvalue weighted by Crippen LogP contribution is -2.09. The van der Waals surface area contributed by atoms with Gasteiger partial charge in [0, 0.05) is 31.4 Å². The number of carbonyl (C=O) groups is 1. The van der Waals surface area contributed by atoms with Gasteiger partial charge in [-0.25, -0.2) is 0 Å². The maximum absolute atomic E-state index is 12.8. The number of Topliss-reactive ketones (excluding diaryl/α,β-unsaturated/α-hetero) is 1. The van der Waals surface area contributed by atoms with Gasteiger partial charge in [-0.15, -0.1) is 0 Å². The van der Waals surface area contributed by atoms with Gasteiger partial charge >= 0.3 is 0 Å². The van der Waals surface area contributed by atoms with E-state index in [0.29, 0.717) is 16.2 Å². The molecule has 0 N–H and O–H groups in total. The number of rotatable bonds is 5. The summed E-state index contributed by atoms with van der Waals surface area (Å²) < 4.78 is 5.16. The van der Waals surface area contributed by atoms with Crippen LogP contribution in [0, 0.1) is 0 Å². The Morgan fingerprint density at radius 3 is 2.27 bits per heavy atom.